The average Bonchev–Trinajstić information content (AvgIpc) is 2.74. The number of ether oxygens (including phenoxy) is 2. The van der Waals surface area contributed by atoms with Crippen LogP contribution in [0.25, 0.3) is 0 Å². The van der Waals surface area contributed by atoms with E-state index >= 15 is 0 Å². The van der Waals surface area contributed by atoms with E-state index in [1.807, 2.05) is 19.9 Å². The van der Waals surface area contributed by atoms with Crippen molar-refractivity contribution in [1.29, 1.82) is 0 Å². The van der Waals surface area contributed by atoms with Gasteiger partial charge in [0.15, 0.2) is 17.5 Å². The molecule has 0 radical (unpaired) electrons. The minimum Gasteiger partial charge on any atom is -0.490 e. The average molecular weight is 548 g/mol. The normalized spacial score (nSPS) is 16.4. The Labute approximate surface area is 206 Å². The molecule has 7 nitrogen and oxygen atoms in total. The first-order valence-electron chi connectivity index (χ1n) is 11.4. The van der Waals surface area contributed by atoms with E-state index < -0.39 is 0 Å². The zero-order valence-corrected chi connectivity index (χ0v) is 22.3. The SMILES string of the molecule is CCNC(=NCC(C)N1CCN(C)CC1)NCCc1ccc(OCC)c(OCC)c1.I. The van der Waals surface area contributed by atoms with Crippen LogP contribution in [0.3, 0.4) is 0 Å². The Kier molecular flexibility index (Phi) is 13.9. The van der Waals surface area contributed by atoms with E-state index in [2.05, 4.69) is 53.5 Å². The fourth-order valence-electron chi connectivity index (χ4n) is 3.52. The summed E-state index contributed by atoms with van der Waals surface area (Å²) < 4.78 is 11.4. The van der Waals surface area contributed by atoms with Gasteiger partial charge in [0.25, 0.3) is 0 Å². The van der Waals surface area contributed by atoms with Crippen molar-refractivity contribution in [2.24, 2.45) is 4.99 Å². The molecular formula is C23H42IN5O2. The van der Waals surface area contributed by atoms with Gasteiger partial charge >= 0.3 is 0 Å². The second-order valence-corrected chi connectivity index (χ2v) is 7.73. The van der Waals surface area contributed by atoms with Crippen LogP contribution in [-0.2, 0) is 6.42 Å². The molecule has 1 unspecified atom stereocenters. The number of hydrogen-bond donors (Lipinski definition) is 2. The highest BCUT2D eigenvalue weighted by Gasteiger charge is 2.18. The first-order valence-corrected chi connectivity index (χ1v) is 11.4. The lowest BCUT2D eigenvalue weighted by molar-refractivity contribution is 0.122. The van der Waals surface area contributed by atoms with Gasteiger partial charge in [0.05, 0.1) is 19.8 Å². The summed E-state index contributed by atoms with van der Waals surface area (Å²) in [7, 11) is 2.19. The quantitative estimate of drug-likeness (QED) is 0.253. The van der Waals surface area contributed by atoms with E-state index in [1.54, 1.807) is 0 Å². The lowest BCUT2D eigenvalue weighted by Crippen LogP contribution is -2.49. The first-order chi connectivity index (χ1) is 14.6. The molecule has 2 rings (SSSR count). The van der Waals surface area contributed by atoms with Crippen LogP contribution in [0.15, 0.2) is 23.2 Å². The highest BCUT2D eigenvalue weighted by atomic mass is 127. The molecule has 0 aromatic heterocycles. The summed E-state index contributed by atoms with van der Waals surface area (Å²) in [5.41, 5.74) is 1.22. The van der Waals surface area contributed by atoms with Gasteiger partial charge in [0.1, 0.15) is 0 Å². The Morgan fingerprint density at radius 2 is 1.71 bits per heavy atom. The molecule has 0 saturated carbocycles. The topological polar surface area (TPSA) is 61.4 Å². The Morgan fingerprint density at radius 1 is 1.03 bits per heavy atom. The minimum atomic E-state index is 0. The van der Waals surface area contributed by atoms with Gasteiger partial charge in [-0.05, 0) is 58.9 Å². The Hall–Kier alpha value is -1.26. The molecule has 1 atom stereocenters. The number of nitrogens with zero attached hydrogens (tertiary/aromatic N) is 3. The Bertz CT molecular complexity index is 651. The van der Waals surface area contributed by atoms with Crippen molar-refractivity contribution in [3.05, 3.63) is 23.8 Å². The highest BCUT2D eigenvalue weighted by molar-refractivity contribution is 14.0. The molecule has 2 N–H and O–H groups in total. The van der Waals surface area contributed by atoms with Crippen molar-refractivity contribution in [1.82, 2.24) is 20.4 Å². The molecular weight excluding hydrogens is 505 g/mol. The van der Waals surface area contributed by atoms with Crippen LogP contribution >= 0.6 is 24.0 Å². The summed E-state index contributed by atoms with van der Waals surface area (Å²) in [6, 6.07) is 6.64. The van der Waals surface area contributed by atoms with E-state index in [-0.39, 0.29) is 24.0 Å². The first kappa shape index (κ1) is 27.8. The molecule has 1 fully saturated rings. The van der Waals surface area contributed by atoms with Crippen molar-refractivity contribution < 1.29 is 9.47 Å². The van der Waals surface area contributed by atoms with Gasteiger partial charge in [-0.3, -0.25) is 9.89 Å². The molecule has 1 saturated heterocycles. The summed E-state index contributed by atoms with van der Waals surface area (Å²) in [5.74, 6) is 2.51. The van der Waals surface area contributed by atoms with Crippen LogP contribution in [0.5, 0.6) is 11.5 Å². The Morgan fingerprint density at radius 3 is 2.35 bits per heavy atom. The standard InChI is InChI=1S/C23H41N5O2.HI/c1-6-24-23(26-18-19(4)28-15-13-27(5)14-16-28)25-12-11-20-9-10-21(29-7-2)22(17-20)30-8-3;/h9-10,17,19H,6-8,11-16,18H2,1-5H3,(H2,24,25,26);1H. The molecule has 1 aromatic rings. The van der Waals surface area contributed by atoms with Crippen molar-refractivity contribution in [2.75, 3.05) is 66.1 Å². The van der Waals surface area contributed by atoms with Gasteiger partial charge in [-0.15, -0.1) is 24.0 Å². The van der Waals surface area contributed by atoms with Crippen LogP contribution < -0.4 is 20.1 Å². The number of hydrogen-bond acceptors (Lipinski definition) is 5. The molecule has 1 aliphatic heterocycles. The molecule has 31 heavy (non-hydrogen) atoms. The zero-order valence-electron chi connectivity index (χ0n) is 19.9. The van der Waals surface area contributed by atoms with Crippen molar-refractivity contribution in [3.63, 3.8) is 0 Å². The van der Waals surface area contributed by atoms with Crippen LogP contribution in [0.1, 0.15) is 33.3 Å². The number of guanidine groups is 1. The maximum absolute atomic E-state index is 5.74. The van der Waals surface area contributed by atoms with Crippen molar-refractivity contribution >= 4 is 29.9 Å². The molecule has 1 aromatic carbocycles. The molecule has 0 bridgehead atoms. The van der Waals surface area contributed by atoms with Crippen molar-refractivity contribution in [2.45, 2.75) is 40.2 Å². The summed E-state index contributed by atoms with van der Waals surface area (Å²) >= 11 is 0. The third kappa shape index (κ3) is 9.82. The number of rotatable bonds is 11. The van der Waals surface area contributed by atoms with Gasteiger partial charge in [-0.25, -0.2) is 0 Å². The summed E-state index contributed by atoms with van der Waals surface area (Å²) in [6.45, 7) is 16.6. The highest BCUT2D eigenvalue weighted by Crippen LogP contribution is 2.28. The number of likely N-dealkylation sites (N-methyl/N-ethyl adjacent to an activating group) is 1. The van der Waals surface area contributed by atoms with E-state index in [0.29, 0.717) is 19.3 Å². The van der Waals surface area contributed by atoms with E-state index in [1.165, 1.54) is 5.56 Å². The van der Waals surface area contributed by atoms with E-state index in [9.17, 15) is 0 Å². The third-order valence-electron chi connectivity index (χ3n) is 5.33. The van der Waals surface area contributed by atoms with Crippen LogP contribution in [-0.4, -0.2) is 87.9 Å². The lowest BCUT2D eigenvalue weighted by Gasteiger charge is -2.35. The molecule has 0 spiro atoms. The monoisotopic (exact) mass is 547 g/mol. The van der Waals surface area contributed by atoms with Crippen LogP contribution in [0.2, 0.25) is 0 Å². The van der Waals surface area contributed by atoms with E-state index in [4.69, 9.17) is 14.5 Å². The predicted octanol–water partition coefficient (Wildman–Crippen LogP) is 2.84. The number of piperazine rings is 1. The number of aliphatic imine (C=N–C) groups is 1. The largest absolute Gasteiger partial charge is 0.490 e. The van der Waals surface area contributed by atoms with Crippen LogP contribution in [0.4, 0.5) is 0 Å². The fourth-order valence-corrected chi connectivity index (χ4v) is 3.52. The molecule has 8 heteroatoms. The molecule has 0 amide bonds. The van der Waals surface area contributed by atoms with E-state index in [0.717, 1.165) is 69.7 Å². The maximum Gasteiger partial charge on any atom is 0.191 e. The fraction of sp³-hybridized carbons (Fsp3) is 0.696. The van der Waals surface area contributed by atoms with Gasteiger partial charge in [-0.1, -0.05) is 6.07 Å². The Balaban J connectivity index is 0.00000480. The smallest absolute Gasteiger partial charge is 0.191 e. The van der Waals surface area contributed by atoms with Crippen LogP contribution in [0, 0.1) is 0 Å². The second-order valence-electron chi connectivity index (χ2n) is 7.73. The zero-order chi connectivity index (χ0) is 21.8. The summed E-state index contributed by atoms with van der Waals surface area (Å²) in [6.07, 6.45) is 0.894. The molecule has 1 heterocycles. The number of halogens is 1. The third-order valence-corrected chi connectivity index (χ3v) is 5.33. The summed E-state index contributed by atoms with van der Waals surface area (Å²) in [4.78, 5) is 9.73. The minimum absolute atomic E-state index is 0. The van der Waals surface area contributed by atoms with Crippen molar-refractivity contribution in [3.8, 4) is 11.5 Å². The lowest BCUT2D eigenvalue weighted by atomic mass is 10.1. The predicted molar refractivity (Wildman–Crippen MR) is 140 cm³/mol. The molecule has 1 aliphatic rings. The molecule has 178 valence electrons. The van der Waals surface area contributed by atoms with Gasteiger partial charge < -0.3 is 25.0 Å². The van der Waals surface area contributed by atoms with Gasteiger partial charge in [-0.2, -0.15) is 0 Å². The summed E-state index contributed by atoms with van der Waals surface area (Å²) in [5, 5.41) is 6.83. The maximum atomic E-state index is 5.74. The van der Waals surface area contributed by atoms with Gasteiger partial charge in [0.2, 0.25) is 0 Å². The second kappa shape index (κ2) is 15.5. The number of benzene rings is 1. The number of nitrogens with one attached hydrogen (secondary N) is 2. The molecule has 0 aliphatic carbocycles. The van der Waals surface area contributed by atoms with Gasteiger partial charge in [0, 0.05) is 45.3 Å².